The van der Waals surface area contributed by atoms with Crippen LogP contribution in [0.4, 0.5) is 5.69 Å². The molecule has 1 aromatic rings. The van der Waals surface area contributed by atoms with Gasteiger partial charge in [0, 0.05) is 5.69 Å². The Morgan fingerprint density at radius 2 is 2.05 bits per heavy atom. The molecule has 19 heavy (non-hydrogen) atoms. The van der Waals surface area contributed by atoms with E-state index in [0.717, 1.165) is 0 Å². The quantitative estimate of drug-likeness (QED) is 0.890. The molecule has 102 valence electrons. The largest absolute Gasteiger partial charge is 0.495 e. The molecule has 2 rings (SSSR count). The summed E-state index contributed by atoms with van der Waals surface area (Å²) in [5, 5.41) is 12.0. The minimum Gasteiger partial charge on any atom is -0.495 e. The highest BCUT2D eigenvalue weighted by atomic mass is 35.5. The second-order valence-electron chi connectivity index (χ2n) is 4.47. The molecule has 1 aliphatic rings. The average Bonchev–Trinajstić information content (AvgIpc) is 2.26. The molecule has 2 N–H and O–H groups in total. The number of carbonyl (C=O) groups excluding carboxylic acids is 1. The summed E-state index contributed by atoms with van der Waals surface area (Å²) in [4.78, 5) is 22.8. The molecule has 0 bridgehead atoms. The van der Waals surface area contributed by atoms with Gasteiger partial charge < -0.3 is 15.2 Å². The van der Waals surface area contributed by atoms with Crippen molar-refractivity contribution in [3.8, 4) is 5.75 Å². The maximum atomic E-state index is 11.9. The number of nitrogens with one attached hydrogen (secondary N) is 1. The van der Waals surface area contributed by atoms with Crippen LogP contribution in [0.2, 0.25) is 5.02 Å². The van der Waals surface area contributed by atoms with Crippen molar-refractivity contribution in [2.24, 2.45) is 11.8 Å². The van der Waals surface area contributed by atoms with Gasteiger partial charge in [-0.2, -0.15) is 0 Å². The first-order chi connectivity index (χ1) is 9.02. The molecular formula is C13H14ClNO4. The summed E-state index contributed by atoms with van der Waals surface area (Å²) in [6.45, 7) is 0. The fraction of sp³-hybridized carbons (Fsp3) is 0.385. The minimum absolute atomic E-state index is 0.278. The summed E-state index contributed by atoms with van der Waals surface area (Å²) in [6, 6.07) is 4.89. The predicted octanol–water partition coefficient (Wildman–Crippen LogP) is 2.40. The Bertz CT molecular complexity index is 517. The Morgan fingerprint density at radius 3 is 2.53 bits per heavy atom. The zero-order valence-electron chi connectivity index (χ0n) is 10.4. The van der Waals surface area contributed by atoms with Gasteiger partial charge in [-0.05, 0) is 31.0 Å². The fourth-order valence-corrected chi connectivity index (χ4v) is 2.35. The van der Waals surface area contributed by atoms with Crippen molar-refractivity contribution in [1.29, 1.82) is 0 Å². The number of carboxylic acid groups (broad SMARTS) is 1. The Hall–Kier alpha value is -1.75. The molecule has 1 saturated carbocycles. The predicted molar refractivity (Wildman–Crippen MR) is 70.5 cm³/mol. The molecule has 0 saturated heterocycles. The number of aliphatic carboxylic acids is 1. The Labute approximate surface area is 115 Å². The van der Waals surface area contributed by atoms with Crippen LogP contribution >= 0.6 is 11.6 Å². The van der Waals surface area contributed by atoms with E-state index in [4.69, 9.17) is 21.4 Å². The third-order valence-corrected chi connectivity index (χ3v) is 3.64. The van der Waals surface area contributed by atoms with E-state index in [1.165, 1.54) is 7.11 Å². The van der Waals surface area contributed by atoms with E-state index in [9.17, 15) is 9.59 Å². The van der Waals surface area contributed by atoms with E-state index in [2.05, 4.69) is 5.32 Å². The molecule has 0 heterocycles. The number of hydrogen-bond acceptors (Lipinski definition) is 3. The van der Waals surface area contributed by atoms with Crippen molar-refractivity contribution < 1.29 is 19.4 Å². The number of rotatable bonds is 4. The maximum absolute atomic E-state index is 11.9. The maximum Gasteiger partial charge on any atom is 0.307 e. The van der Waals surface area contributed by atoms with Gasteiger partial charge in [0.15, 0.2) is 0 Å². The summed E-state index contributed by atoms with van der Waals surface area (Å²) in [5.74, 6) is -1.71. The first kappa shape index (κ1) is 13.7. The van der Waals surface area contributed by atoms with Crippen LogP contribution in [0.1, 0.15) is 12.8 Å². The lowest BCUT2D eigenvalue weighted by Crippen LogP contribution is -2.41. The summed E-state index contributed by atoms with van der Waals surface area (Å²) in [5.41, 5.74) is 0.534. The molecule has 0 aliphatic heterocycles. The number of methoxy groups -OCH3 is 1. The monoisotopic (exact) mass is 283 g/mol. The standard InChI is InChI=1S/C13H14ClNO4/c1-19-11-5-2-7(6-10(11)14)15-12(16)8-3-4-9(8)13(17)18/h2,5-6,8-9H,3-4H2,1H3,(H,15,16)(H,17,18). The van der Waals surface area contributed by atoms with Crippen LogP contribution in [0.3, 0.4) is 0 Å². The Morgan fingerprint density at radius 1 is 1.37 bits per heavy atom. The lowest BCUT2D eigenvalue weighted by molar-refractivity contribution is -0.151. The molecular weight excluding hydrogens is 270 g/mol. The number of ether oxygens (including phenoxy) is 1. The molecule has 1 amide bonds. The molecule has 1 aliphatic carbocycles. The second kappa shape index (κ2) is 5.48. The van der Waals surface area contributed by atoms with Gasteiger partial charge in [0.2, 0.25) is 5.91 Å². The van der Waals surface area contributed by atoms with Crippen LogP contribution in [-0.4, -0.2) is 24.1 Å². The van der Waals surface area contributed by atoms with Crippen LogP contribution in [0.15, 0.2) is 18.2 Å². The van der Waals surface area contributed by atoms with E-state index in [1.54, 1.807) is 18.2 Å². The number of amides is 1. The highest BCUT2D eigenvalue weighted by Crippen LogP contribution is 2.35. The Balaban J connectivity index is 2.03. The van der Waals surface area contributed by atoms with E-state index < -0.39 is 17.8 Å². The van der Waals surface area contributed by atoms with Crippen molar-refractivity contribution >= 4 is 29.2 Å². The van der Waals surface area contributed by atoms with Gasteiger partial charge in [-0.1, -0.05) is 11.6 Å². The molecule has 6 heteroatoms. The fourth-order valence-electron chi connectivity index (χ4n) is 2.09. The van der Waals surface area contributed by atoms with Gasteiger partial charge in [-0.3, -0.25) is 9.59 Å². The molecule has 0 radical (unpaired) electrons. The second-order valence-corrected chi connectivity index (χ2v) is 4.87. The minimum atomic E-state index is -0.917. The summed E-state index contributed by atoms with van der Waals surface area (Å²) < 4.78 is 5.01. The number of hydrogen-bond donors (Lipinski definition) is 2. The Kier molecular flexibility index (Phi) is 3.95. The number of carbonyl (C=O) groups is 2. The summed E-state index contributed by atoms with van der Waals surface area (Å²) >= 11 is 5.95. The van der Waals surface area contributed by atoms with Crippen molar-refractivity contribution in [2.45, 2.75) is 12.8 Å². The van der Waals surface area contributed by atoms with Gasteiger partial charge in [0.1, 0.15) is 5.75 Å². The highest BCUT2D eigenvalue weighted by Gasteiger charge is 2.41. The SMILES string of the molecule is COc1ccc(NC(=O)C2CCC2C(=O)O)cc1Cl. The summed E-state index contributed by atoms with van der Waals surface area (Å²) in [7, 11) is 1.51. The van der Waals surface area contributed by atoms with Crippen molar-refractivity contribution in [1.82, 2.24) is 0 Å². The highest BCUT2D eigenvalue weighted by molar-refractivity contribution is 6.32. The molecule has 2 atom stereocenters. The lowest BCUT2D eigenvalue weighted by atomic mass is 9.73. The van der Waals surface area contributed by atoms with E-state index in [0.29, 0.717) is 29.3 Å². The van der Waals surface area contributed by atoms with E-state index in [1.807, 2.05) is 0 Å². The van der Waals surface area contributed by atoms with E-state index in [-0.39, 0.29) is 5.91 Å². The zero-order valence-corrected chi connectivity index (χ0v) is 11.1. The molecule has 0 aromatic heterocycles. The van der Waals surface area contributed by atoms with Crippen molar-refractivity contribution in [3.63, 3.8) is 0 Å². The van der Waals surface area contributed by atoms with Crippen LogP contribution in [0.5, 0.6) is 5.75 Å². The van der Waals surface area contributed by atoms with Gasteiger partial charge in [-0.25, -0.2) is 0 Å². The molecule has 2 unspecified atom stereocenters. The van der Waals surface area contributed by atoms with Crippen molar-refractivity contribution in [3.05, 3.63) is 23.2 Å². The van der Waals surface area contributed by atoms with Gasteiger partial charge in [-0.15, -0.1) is 0 Å². The van der Waals surface area contributed by atoms with Gasteiger partial charge in [0.25, 0.3) is 0 Å². The molecule has 5 nitrogen and oxygen atoms in total. The smallest absolute Gasteiger partial charge is 0.307 e. The van der Waals surface area contributed by atoms with Gasteiger partial charge in [0.05, 0.1) is 24.0 Å². The third kappa shape index (κ3) is 2.81. The number of carboxylic acids is 1. The van der Waals surface area contributed by atoms with Crippen LogP contribution in [-0.2, 0) is 9.59 Å². The van der Waals surface area contributed by atoms with Crippen molar-refractivity contribution in [2.75, 3.05) is 12.4 Å². The number of benzene rings is 1. The topological polar surface area (TPSA) is 75.6 Å². The lowest BCUT2D eigenvalue weighted by Gasteiger charge is -2.31. The first-order valence-corrected chi connectivity index (χ1v) is 6.28. The zero-order chi connectivity index (χ0) is 14.0. The number of anilines is 1. The summed E-state index contributed by atoms with van der Waals surface area (Å²) in [6.07, 6.45) is 1.16. The molecule has 0 spiro atoms. The van der Waals surface area contributed by atoms with E-state index >= 15 is 0 Å². The van der Waals surface area contributed by atoms with Crippen LogP contribution in [0.25, 0.3) is 0 Å². The normalized spacial score (nSPS) is 21.4. The third-order valence-electron chi connectivity index (χ3n) is 3.35. The van der Waals surface area contributed by atoms with Crippen LogP contribution in [0, 0.1) is 11.8 Å². The van der Waals surface area contributed by atoms with Gasteiger partial charge >= 0.3 is 5.97 Å². The first-order valence-electron chi connectivity index (χ1n) is 5.90. The number of halogens is 1. The average molecular weight is 284 g/mol. The van der Waals surface area contributed by atoms with Crippen LogP contribution < -0.4 is 10.1 Å². The molecule has 1 fully saturated rings. The molecule has 1 aromatic carbocycles.